The van der Waals surface area contributed by atoms with Crippen molar-refractivity contribution in [3.63, 3.8) is 0 Å². The van der Waals surface area contributed by atoms with Crippen LogP contribution in [0.4, 0.5) is 5.69 Å². The van der Waals surface area contributed by atoms with Crippen LogP contribution in [0.25, 0.3) is 20.2 Å². The molecule has 0 aliphatic rings. The van der Waals surface area contributed by atoms with E-state index in [4.69, 9.17) is 28.0 Å². The van der Waals surface area contributed by atoms with Gasteiger partial charge < -0.3 is 5.73 Å². The molecule has 0 spiro atoms. The molecule has 3 aromatic rings. The van der Waals surface area contributed by atoms with Crippen LogP contribution in [0.2, 0.25) is 5.02 Å². The SMILES string of the molecule is N#C/C(=N\Nc1ccc2sc3ccc(Cl)cc3c(=O)c2c1)C(=N)N. The molecule has 6 nitrogen and oxygen atoms in total. The Morgan fingerprint density at radius 3 is 2.58 bits per heavy atom. The summed E-state index contributed by atoms with van der Waals surface area (Å²) < 4.78 is 1.69. The number of halogens is 1. The summed E-state index contributed by atoms with van der Waals surface area (Å²) in [5.74, 6) is -0.432. The van der Waals surface area contributed by atoms with E-state index in [0.29, 0.717) is 21.5 Å². The number of amidine groups is 1. The molecule has 2 aromatic carbocycles. The zero-order valence-corrected chi connectivity index (χ0v) is 13.7. The topological polar surface area (TPSA) is 115 Å². The van der Waals surface area contributed by atoms with E-state index in [1.807, 2.05) is 6.07 Å². The van der Waals surface area contributed by atoms with Gasteiger partial charge in [-0.3, -0.25) is 15.6 Å². The fourth-order valence-corrected chi connectivity index (χ4v) is 3.37. The van der Waals surface area contributed by atoms with Crippen LogP contribution in [0, 0.1) is 16.7 Å². The largest absolute Gasteiger partial charge is 0.382 e. The number of nitrogens with zero attached hydrogens (tertiary/aromatic N) is 2. The quantitative estimate of drug-likeness (QED) is 0.289. The van der Waals surface area contributed by atoms with E-state index in [0.717, 1.165) is 9.40 Å². The third-order valence-corrected chi connectivity index (χ3v) is 4.68. The average molecular weight is 356 g/mol. The van der Waals surface area contributed by atoms with Gasteiger partial charge in [0, 0.05) is 25.2 Å². The Balaban J connectivity index is 2.13. The van der Waals surface area contributed by atoms with Gasteiger partial charge in [0.1, 0.15) is 6.07 Å². The number of nitriles is 1. The van der Waals surface area contributed by atoms with Gasteiger partial charge >= 0.3 is 0 Å². The standard InChI is InChI=1S/C16H10ClN5OS/c17-8-1-3-13-10(5-8)15(23)11-6-9(2-4-14(11)24-13)21-22-12(7-18)16(19)20/h1-6,21H,(H3,19,20)/b22-12+. The lowest BCUT2D eigenvalue weighted by molar-refractivity contribution is 1.34. The number of anilines is 1. The summed E-state index contributed by atoms with van der Waals surface area (Å²) in [4.78, 5) is 12.7. The molecular formula is C16H10ClN5OS. The summed E-state index contributed by atoms with van der Waals surface area (Å²) >= 11 is 7.46. The lowest BCUT2D eigenvalue weighted by Gasteiger charge is -2.05. The van der Waals surface area contributed by atoms with E-state index < -0.39 is 5.84 Å². The second-order valence-corrected chi connectivity index (χ2v) is 6.40. The molecule has 0 aliphatic carbocycles. The monoisotopic (exact) mass is 355 g/mol. The highest BCUT2D eigenvalue weighted by molar-refractivity contribution is 7.24. The van der Waals surface area contributed by atoms with Crippen molar-refractivity contribution < 1.29 is 0 Å². The molecule has 8 heteroatoms. The first-order chi connectivity index (χ1) is 11.5. The van der Waals surface area contributed by atoms with E-state index in [2.05, 4.69) is 10.5 Å². The molecule has 0 saturated carbocycles. The molecule has 0 amide bonds. The van der Waals surface area contributed by atoms with Gasteiger partial charge in [0.25, 0.3) is 0 Å². The van der Waals surface area contributed by atoms with Gasteiger partial charge in [0.05, 0.1) is 5.69 Å². The summed E-state index contributed by atoms with van der Waals surface area (Å²) in [7, 11) is 0. The lowest BCUT2D eigenvalue weighted by Crippen LogP contribution is -2.21. The Hall–Kier alpha value is -2.95. The smallest absolute Gasteiger partial charge is 0.201 e. The van der Waals surface area contributed by atoms with Crippen LogP contribution in [0.1, 0.15) is 0 Å². The zero-order chi connectivity index (χ0) is 17.3. The predicted octanol–water partition coefficient (Wildman–Crippen LogP) is 3.30. The number of benzene rings is 2. The van der Waals surface area contributed by atoms with Gasteiger partial charge in [-0.1, -0.05) is 11.6 Å². The minimum Gasteiger partial charge on any atom is -0.382 e. The van der Waals surface area contributed by atoms with Gasteiger partial charge in [-0.05, 0) is 36.4 Å². The Morgan fingerprint density at radius 1 is 1.25 bits per heavy atom. The number of fused-ring (bicyclic) bond motifs is 2. The van der Waals surface area contributed by atoms with Gasteiger partial charge in [-0.25, -0.2) is 0 Å². The Morgan fingerprint density at radius 2 is 1.92 bits per heavy atom. The number of rotatable bonds is 3. The van der Waals surface area contributed by atoms with Gasteiger partial charge in [-0.2, -0.15) is 10.4 Å². The fourth-order valence-electron chi connectivity index (χ4n) is 2.16. The number of nitrogens with two attached hydrogens (primary N) is 1. The molecule has 0 atom stereocenters. The molecule has 118 valence electrons. The number of hydrogen-bond donors (Lipinski definition) is 3. The summed E-state index contributed by atoms with van der Waals surface area (Å²) in [6.45, 7) is 0. The van der Waals surface area contributed by atoms with Crippen LogP contribution in [-0.4, -0.2) is 11.5 Å². The van der Waals surface area contributed by atoms with Crippen molar-refractivity contribution in [2.45, 2.75) is 0 Å². The van der Waals surface area contributed by atoms with E-state index >= 15 is 0 Å². The normalized spacial score (nSPS) is 11.4. The van der Waals surface area contributed by atoms with E-state index in [-0.39, 0.29) is 11.1 Å². The first kappa shape index (κ1) is 15.9. The van der Waals surface area contributed by atoms with E-state index in [9.17, 15) is 4.79 Å². The van der Waals surface area contributed by atoms with Crippen LogP contribution < -0.4 is 16.6 Å². The van der Waals surface area contributed by atoms with Crippen LogP contribution in [0.5, 0.6) is 0 Å². The van der Waals surface area contributed by atoms with Crippen LogP contribution in [0.15, 0.2) is 46.3 Å². The Bertz CT molecular complexity index is 1110. The first-order valence-corrected chi connectivity index (χ1v) is 7.93. The third-order valence-electron chi connectivity index (χ3n) is 3.29. The molecular weight excluding hydrogens is 346 g/mol. The number of hydrazone groups is 1. The van der Waals surface area contributed by atoms with Gasteiger partial charge in [0.2, 0.25) is 5.71 Å². The van der Waals surface area contributed by atoms with Crippen molar-refractivity contribution in [2.75, 3.05) is 5.43 Å². The minimum absolute atomic E-state index is 0.124. The van der Waals surface area contributed by atoms with Crippen LogP contribution in [0.3, 0.4) is 0 Å². The molecule has 1 aromatic heterocycles. The van der Waals surface area contributed by atoms with E-state index in [1.165, 1.54) is 11.3 Å². The molecule has 24 heavy (non-hydrogen) atoms. The molecule has 0 fully saturated rings. The van der Waals surface area contributed by atoms with Crippen LogP contribution in [-0.2, 0) is 0 Å². The maximum absolute atomic E-state index is 12.7. The highest BCUT2D eigenvalue weighted by atomic mass is 35.5. The molecule has 4 N–H and O–H groups in total. The van der Waals surface area contributed by atoms with Gasteiger partial charge in [0.15, 0.2) is 11.3 Å². The highest BCUT2D eigenvalue weighted by Gasteiger charge is 2.08. The molecule has 0 unspecified atom stereocenters. The highest BCUT2D eigenvalue weighted by Crippen LogP contribution is 2.28. The molecule has 0 bridgehead atoms. The van der Waals surface area contributed by atoms with Crippen LogP contribution >= 0.6 is 22.9 Å². The molecule has 3 rings (SSSR count). The minimum atomic E-state index is -0.432. The van der Waals surface area contributed by atoms with Crippen molar-refractivity contribution >= 4 is 60.3 Å². The van der Waals surface area contributed by atoms with Crippen molar-refractivity contribution in [1.29, 1.82) is 10.7 Å². The average Bonchev–Trinajstić information content (AvgIpc) is 2.56. The van der Waals surface area contributed by atoms with Crippen molar-refractivity contribution in [2.24, 2.45) is 10.8 Å². The summed E-state index contributed by atoms with van der Waals surface area (Å²) in [5.41, 5.74) is 8.03. The van der Waals surface area contributed by atoms with Crippen molar-refractivity contribution in [3.8, 4) is 6.07 Å². The second kappa shape index (κ2) is 6.28. The first-order valence-electron chi connectivity index (χ1n) is 6.74. The third kappa shape index (κ3) is 2.93. The fraction of sp³-hybridized carbons (Fsp3) is 0. The zero-order valence-electron chi connectivity index (χ0n) is 12.1. The Kier molecular flexibility index (Phi) is 4.16. The number of nitrogens with one attached hydrogen (secondary N) is 2. The molecule has 0 aliphatic heterocycles. The number of hydrogen-bond acceptors (Lipinski definition) is 6. The van der Waals surface area contributed by atoms with Gasteiger partial charge in [-0.15, -0.1) is 11.3 Å². The van der Waals surface area contributed by atoms with E-state index in [1.54, 1.807) is 36.4 Å². The molecule has 0 radical (unpaired) electrons. The van der Waals surface area contributed by atoms with Crippen molar-refractivity contribution in [3.05, 3.63) is 51.6 Å². The maximum atomic E-state index is 12.7. The predicted molar refractivity (Wildman–Crippen MR) is 99.2 cm³/mol. The Labute approximate surface area is 145 Å². The lowest BCUT2D eigenvalue weighted by atomic mass is 10.1. The van der Waals surface area contributed by atoms with Crippen molar-refractivity contribution in [1.82, 2.24) is 0 Å². The molecule has 1 heterocycles. The second-order valence-electron chi connectivity index (χ2n) is 4.88. The summed E-state index contributed by atoms with van der Waals surface area (Å²) in [5, 5.41) is 21.4. The summed E-state index contributed by atoms with van der Waals surface area (Å²) in [6, 6.07) is 12.1. The molecule has 0 saturated heterocycles. The summed E-state index contributed by atoms with van der Waals surface area (Å²) in [6.07, 6.45) is 0. The maximum Gasteiger partial charge on any atom is 0.201 e.